The predicted molar refractivity (Wildman–Crippen MR) is 122 cm³/mol. The Morgan fingerprint density at radius 3 is 2.37 bits per heavy atom. The van der Waals surface area contributed by atoms with Crippen LogP contribution in [-0.4, -0.2) is 29.9 Å². The molecule has 5 heteroatoms. The Bertz CT molecular complexity index is 946. The minimum absolute atomic E-state index is 0.0593. The topological polar surface area (TPSA) is 23.6 Å². The van der Waals surface area contributed by atoms with Gasteiger partial charge in [-0.2, -0.15) is 0 Å². The van der Waals surface area contributed by atoms with Crippen LogP contribution in [0.5, 0.6) is 0 Å². The molecule has 0 spiro atoms. The van der Waals surface area contributed by atoms with E-state index in [4.69, 9.17) is 0 Å². The molecule has 2 heterocycles. The van der Waals surface area contributed by atoms with E-state index in [-0.39, 0.29) is 17.8 Å². The number of carbonyl (C=O) groups excluding carboxylic acids is 1. The van der Waals surface area contributed by atoms with Crippen LogP contribution in [0.15, 0.2) is 66.0 Å². The fourth-order valence-electron chi connectivity index (χ4n) is 4.08. The lowest BCUT2D eigenvalue weighted by Crippen LogP contribution is -2.47. The normalized spacial score (nSPS) is 15.3. The van der Waals surface area contributed by atoms with E-state index in [9.17, 15) is 9.18 Å². The fraction of sp³-hybridized carbons (Fsp3) is 0.320. The summed E-state index contributed by atoms with van der Waals surface area (Å²) in [4.78, 5) is 19.2. The van der Waals surface area contributed by atoms with Crippen molar-refractivity contribution in [2.45, 2.75) is 38.8 Å². The largest absolute Gasteiger partial charge is 0.305 e. The van der Waals surface area contributed by atoms with E-state index in [1.165, 1.54) is 22.6 Å². The van der Waals surface area contributed by atoms with Gasteiger partial charge in [-0.05, 0) is 72.7 Å². The maximum absolute atomic E-state index is 13.4. The first-order chi connectivity index (χ1) is 14.6. The Kier molecular flexibility index (Phi) is 6.60. The quantitative estimate of drug-likeness (QED) is 0.504. The Balaban J connectivity index is 1.54. The van der Waals surface area contributed by atoms with Crippen LogP contribution in [0.4, 0.5) is 10.1 Å². The number of anilines is 1. The van der Waals surface area contributed by atoms with Gasteiger partial charge in [0.05, 0.1) is 0 Å². The summed E-state index contributed by atoms with van der Waals surface area (Å²) in [7, 11) is 0. The van der Waals surface area contributed by atoms with Crippen molar-refractivity contribution < 1.29 is 9.18 Å². The number of piperidine rings is 1. The average Bonchev–Trinajstić information content (AvgIpc) is 3.29. The summed E-state index contributed by atoms with van der Waals surface area (Å²) in [5, 5.41) is 2.12. The van der Waals surface area contributed by atoms with Crippen LogP contribution in [0, 0.1) is 5.82 Å². The van der Waals surface area contributed by atoms with Crippen LogP contribution >= 0.6 is 11.3 Å². The maximum atomic E-state index is 13.4. The Morgan fingerprint density at radius 2 is 1.77 bits per heavy atom. The molecule has 0 unspecified atom stereocenters. The van der Waals surface area contributed by atoms with Crippen molar-refractivity contribution in [1.29, 1.82) is 0 Å². The second-order valence-corrected chi connectivity index (χ2v) is 8.82. The zero-order valence-corrected chi connectivity index (χ0v) is 18.1. The summed E-state index contributed by atoms with van der Waals surface area (Å²) in [6.45, 7) is 5.02. The van der Waals surface area contributed by atoms with E-state index in [1.807, 2.05) is 17.0 Å². The van der Waals surface area contributed by atoms with Crippen LogP contribution in [-0.2, 0) is 13.0 Å². The third-order valence-electron chi connectivity index (χ3n) is 5.81. The molecule has 156 valence electrons. The highest BCUT2D eigenvalue weighted by Crippen LogP contribution is 2.27. The molecular weight excluding hydrogens is 395 g/mol. The number of halogens is 1. The first-order valence-electron chi connectivity index (χ1n) is 10.6. The molecule has 1 saturated heterocycles. The van der Waals surface area contributed by atoms with Crippen LogP contribution in [0.2, 0.25) is 0 Å². The van der Waals surface area contributed by atoms with E-state index >= 15 is 0 Å². The number of carbonyl (C=O) groups is 1. The van der Waals surface area contributed by atoms with Crippen LogP contribution in [0.25, 0.3) is 0 Å². The second-order valence-electron chi connectivity index (χ2n) is 7.79. The minimum Gasteiger partial charge on any atom is -0.305 e. The molecule has 3 aromatic rings. The van der Waals surface area contributed by atoms with Gasteiger partial charge in [0.25, 0.3) is 5.91 Å². The van der Waals surface area contributed by atoms with Gasteiger partial charge in [-0.1, -0.05) is 25.1 Å². The van der Waals surface area contributed by atoms with Crippen molar-refractivity contribution in [2.75, 3.05) is 18.0 Å². The molecule has 0 saturated carbocycles. The molecule has 0 aliphatic carbocycles. The van der Waals surface area contributed by atoms with Gasteiger partial charge < -0.3 is 4.90 Å². The fourth-order valence-corrected chi connectivity index (χ4v) is 4.82. The standard InChI is InChI=1S/C25H27FN2OS/c1-2-19-5-11-22(12-6-19)28(25(29)20-7-9-21(26)10-8-20)23-13-15-27(16-14-23)18-24-4-3-17-30-24/h3-12,17,23H,2,13-16,18H2,1H3. The average molecular weight is 423 g/mol. The number of rotatable bonds is 6. The van der Waals surface area contributed by atoms with Gasteiger partial charge in [-0.3, -0.25) is 9.69 Å². The third kappa shape index (κ3) is 4.79. The van der Waals surface area contributed by atoms with E-state index in [1.54, 1.807) is 23.5 Å². The number of benzene rings is 2. The lowest BCUT2D eigenvalue weighted by atomic mass is 10.00. The number of thiophene rings is 1. The summed E-state index contributed by atoms with van der Waals surface area (Å²) in [6, 6.07) is 18.5. The van der Waals surface area contributed by atoms with Crippen molar-refractivity contribution in [3.63, 3.8) is 0 Å². The van der Waals surface area contributed by atoms with E-state index < -0.39 is 0 Å². The zero-order valence-electron chi connectivity index (χ0n) is 17.3. The second kappa shape index (κ2) is 9.54. The molecule has 0 radical (unpaired) electrons. The van der Waals surface area contributed by atoms with Crippen molar-refractivity contribution in [1.82, 2.24) is 4.90 Å². The van der Waals surface area contributed by atoms with Crippen molar-refractivity contribution >= 4 is 22.9 Å². The number of likely N-dealkylation sites (tertiary alicyclic amines) is 1. The number of nitrogens with zero attached hydrogens (tertiary/aromatic N) is 2. The van der Waals surface area contributed by atoms with E-state index in [0.29, 0.717) is 5.56 Å². The Labute approximate surface area is 181 Å². The molecule has 3 nitrogen and oxygen atoms in total. The molecule has 1 aliphatic rings. The first-order valence-corrected chi connectivity index (χ1v) is 11.4. The van der Waals surface area contributed by atoms with Gasteiger partial charge in [0.15, 0.2) is 0 Å². The van der Waals surface area contributed by atoms with Crippen LogP contribution in [0.1, 0.15) is 40.6 Å². The highest BCUT2D eigenvalue weighted by molar-refractivity contribution is 7.09. The summed E-state index contributed by atoms with van der Waals surface area (Å²) in [6.07, 6.45) is 2.81. The SMILES string of the molecule is CCc1ccc(N(C(=O)c2ccc(F)cc2)C2CCN(Cc3cccs3)CC2)cc1. The molecular formula is C25H27FN2OS. The van der Waals surface area contributed by atoms with Crippen molar-refractivity contribution in [2.24, 2.45) is 0 Å². The highest BCUT2D eigenvalue weighted by Gasteiger charge is 2.30. The third-order valence-corrected chi connectivity index (χ3v) is 6.68. The highest BCUT2D eigenvalue weighted by atomic mass is 32.1. The van der Waals surface area contributed by atoms with Gasteiger partial charge >= 0.3 is 0 Å². The number of aryl methyl sites for hydroxylation is 1. The minimum atomic E-state index is -0.327. The smallest absolute Gasteiger partial charge is 0.258 e. The van der Waals surface area contributed by atoms with Gasteiger partial charge in [-0.25, -0.2) is 4.39 Å². The van der Waals surface area contributed by atoms with Gasteiger partial charge in [0.2, 0.25) is 0 Å². The molecule has 1 amide bonds. The molecule has 0 bridgehead atoms. The molecule has 2 aromatic carbocycles. The molecule has 0 atom stereocenters. The van der Waals surface area contributed by atoms with E-state index in [0.717, 1.165) is 44.6 Å². The molecule has 1 aliphatic heterocycles. The summed E-state index contributed by atoms with van der Waals surface area (Å²) < 4.78 is 13.4. The maximum Gasteiger partial charge on any atom is 0.258 e. The molecule has 1 aromatic heterocycles. The predicted octanol–water partition coefficient (Wildman–Crippen LogP) is 5.76. The van der Waals surface area contributed by atoms with Crippen molar-refractivity contribution in [3.8, 4) is 0 Å². The summed E-state index contributed by atoms with van der Waals surface area (Å²) in [5.41, 5.74) is 2.69. The number of hydrogen-bond donors (Lipinski definition) is 0. The lowest BCUT2D eigenvalue weighted by Gasteiger charge is -2.38. The molecule has 4 rings (SSSR count). The van der Waals surface area contributed by atoms with E-state index in [2.05, 4.69) is 41.5 Å². The summed E-state index contributed by atoms with van der Waals surface area (Å²) in [5.74, 6) is -0.386. The lowest BCUT2D eigenvalue weighted by molar-refractivity contribution is 0.0959. The first kappa shape index (κ1) is 20.8. The monoisotopic (exact) mass is 422 g/mol. The van der Waals surface area contributed by atoms with Crippen LogP contribution < -0.4 is 4.90 Å². The molecule has 0 N–H and O–H groups in total. The zero-order chi connectivity index (χ0) is 20.9. The number of hydrogen-bond acceptors (Lipinski definition) is 3. The Hall–Kier alpha value is -2.50. The Morgan fingerprint density at radius 1 is 1.07 bits per heavy atom. The molecule has 1 fully saturated rings. The van der Waals surface area contributed by atoms with Gasteiger partial charge in [0, 0.05) is 41.8 Å². The van der Waals surface area contributed by atoms with Crippen LogP contribution in [0.3, 0.4) is 0 Å². The number of amides is 1. The molecule has 30 heavy (non-hydrogen) atoms. The van der Waals surface area contributed by atoms with Crippen molar-refractivity contribution in [3.05, 3.63) is 87.9 Å². The summed E-state index contributed by atoms with van der Waals surface area (Å²) >= 11 is 1.79. The van der Waals surface area contributed by atoms with Gasteiger partial charge in [0.1, 0.15) is 5.82 Å². The van der Waals surface area contributed by atoms with Gasteiger partial charge in [-0.15, -0.1) is 11.3 Å².